The van der Waals surface area contributed by atoms with Crippen LogP contribution in [-0.2, 0) is 6.42 Å². The molecule has 0 saturated heterocycles. The van der Waals surface area contributed by atoms with Crippen LogP contribution < -0.4 is 5.32 Å². The molecule has 0 aliphatic carbocycles. The van der Waals surface area contributed by atoms with Crippen molar-refractivity contribution < 1.29 is 4.39 Å². The van der Waals surface area contributed by atoms with E-state index in [1.54, 1.807) is 24.3 Å². The standard InChI is InChI=1S/C16H15BrCl2FN/c1-2-21-16(12-9-11(18)4-5-14(12)19)8-10-3-6-15(20)13(17)7-10/h3-7,9,16,21H,2,8H2,1H3. The van der Waals surface area contributed by atoms with Crippen LogP contribution in [0.3, 0.4) is 0 Å². The van der Waals surface area contributed by atoms with Gasteiger partial charge in [-0.05, 0) is 70.4 Å². The molecule has 5 heteroatoms. The van der Waals surface area contributed by atoms with Gasteiger partial charge in [0, 0.05) is 16.1 Å². The predicted molar refractivity (Wildman–Crippen MR) is 90.7 cm³/mol. The Morgan fingerprint density at radius 1 is 1.19 bits per heavy atom. The van der Waals surface area contributed by atoms with E-state index in [2.05, 4.69) is 21.2 Å². The van der Waals surface area contributed by atoms with Gasteiger partial charge in [0.2, 0.25) is 0 Å². The molecule has 0 aliphatic heterocycles. The maximum Gasteiger partial charge on any atom is 0.137 e. The molecule has 0 spiro atoms. The Labute approximate surface area is 142 Å². The maximum atomic E-state index is 13.3. The van der Waals surface area contributed by atoms with E-state index in [4.69, 9.17) is 23.2 Å². The molecule has 112 valence electrons. The third-order valence-corrected chi connectivity index (χ3v) is 4.39. The van der Waals surface area contributed by atoms with E-state index in [1.165, 1.54) is 6.07 Å². The average molecular weight is 391 g/mol. The molecule has 0 heterocycles. The number of nitrogens with one attached hydrogen (secondary N) is 1. The molecule has 0 fully saturated rings. The van der Waals surface area contributed by atoms with Crippen molar-refractivity contribution in [2.75, 3.05) is 6.54 Å². The first kappa shape index (κ1) is 16.8. The molecule has 0 saturated carbocycles. The molecular weight excluding hydrogens is 376 g/mol. The summed E-state index contributed by atoms with van der Waals surface area (Å²) in [7, 11) is 0. The Morgan fingerprint density at radius 3 is 2.62 bits per heavy atom. The monoisotopic (exact) mass is 389 g/mol. The third kappa shape index (κ3) is 4.43. The van der Waals surface area contributed by atoms with E-state index in [0.29, 0.717) is 20.9 Å². The first-order valence-electron chi connectivity index (χ1n) is 6.63. The minimum Gasteiger partial charge on any atom is -0.310 e. The van der Waals surface area contributed by atoms with Gasteiger partial charge >= 0.3 is 0 Å². The molecule has 0 bridgehead atoms. The van der Waals surface area contributed by atoms with Crippen LogP contribution >= 0.6 is 39.1 Å². The molecule has 2 rings (SSSR count). The van der Waals surface area contributed by atoms with Crippen LogP contribution in [0.15, 0.2) is 40.9 Å². The Kier molecular flexibility index (Phi) is 6.06. The molecule has 0 aliphatic rings. The lowest BCUT2D eigenvalue weighted by atomic mass is 9.98. The van der Waals surface area contributed by atoms with Crippen LogP contribution in [0, 0.1) is 5.82 Å². The second-order valence-electron chi connectivity index (χ2n) is 4.73. The lowest BCUT2D eigenvalue weighted by molar-refractivity contribution is 0.548. The zero-order chi connectivity index (χ0) is 15.4. The number of rotatable bonds is 5. The summed E-state index contributed by atoms with van der Waals surface area (Å²) in [5.74, 6) is -0.264. The van der Waals surface area contributed by atoms with Gasteiger partial charge in [-0.1, -0.05) is 36.2 Å². The summed E-state index contributed by atoms with van der Waals surface area (Å²) >= 11 is 15.6. The summed E-state index contributed by atoms with van der Waals surface area (Å²) in [5, 5.41) is 4.72. The highest BCUT2D eigenvalue weighted by molar-refractivity contribution is 9.10. The molecule has 0 radical (unpaired) electrons. The fourth-order valence-corrected chi connectivity index (χ4v) is 3.08. The average Bonchev–Trinajstić information content (AvgIpc) is 2.45. The van der Waals surface area contributed by atoms with E-state index >= 15 is 0 Å². The highest BCUT2D eigenvalue weighted by Crippen LogP contribution is 2.29. The maximum absolute atomic E-state index is 13.3. The van der Waals surface area contributed by atoms with Gasteiger partial charge in [0.1, 0.15) is 5.82 Å². The fraction of sp³-hybridized carbons (Fsp3) is 0.250. The molecule has 21 heavy (non-hydrogen) atoms. The molecule has 1 nitrogen and oxygen atoms in total. The number of hydrogen-bond donors (Lipinski definition) is 1. The van der Waals surface area contributed by atoms with E-state index in [0.717, 1.165) is 17.7 Å². The van der Waals surface area contributed by atoms with Gasteiger partial charge in [-0.15, -0.1) is 0 Å². The fourth-order valence-electron chi connectivity index (χ4n) is 2.22. The molecule has 2 aromatic carbocycles. The lowest BCUT2D eigenvalue weighted by Gasteiger charge is -2.20. The summed E-state index contributed by atoms with van der Waals surface area (Å²) < 4.78 is 13.8. The number of likely N-dealkylation sites (N-methyl/N-ethyl adjacent to an activating group) is 1. The number of hydrogen-bond acceptors (Lipinski definition) is 1. The second kappa shape index (κ2) is 7.59. The van der Waals surface area contributed by atoms with Crippen LogP contribution in [0.5, 0.6) is 0 Å². The van der Waals surface area contributed by atoms with Crippen LogP contribution in [0.4, 0.5) is 4.39 Å². The Bertz CT molecular complexity index is 634. The van der Waals surface area contributed by atoms with Crippen molar-refractivity contribution in [3.63, 3.8) is 0 Å². The van der Waals surface area contributed by atoms with Crippen molar-refractivity contribution in [3.05, 3.63) is 67.9 Å². The quantitative estimate of drug-likeness (QED) is 0.681. The van der Waals surface area contributed by atoms with Gasteiger partial charge in [0.15, 0.2) is 0 Å². The van der Waals surface area contributed by atoms with Gasteiger partial charge < -0.3 is 5.32 Å². The van der Waals surface area contributed by atoms with Crippen LogP contribution in [0.2, 0.25) is 10.0 Å². The largest absolute Gasteiger partial charge is 0.310 e. The number of benzene rings is 2. The Morgan fingerprint density at radius 2 is 1.95 bits per heavy atom. The van der Waals surface area contributed by atoms with Crippen molar-refractivity contribution in [2.24, 2.45) is 0 Å². The van der Waals surface area contributed by atoms with Crippen LogP contribution in [-0.4, -0.2) is 6.54 Å². The molecule has 1 atom stereocenters. The molecular formula is C16H15BrCl2FN. The van der Waals surface area contributed by atoms with Gasteiger partial charge in [0.05, 0.1) is 4.47 Å². The first-order valence-corrected chi connectivity index (χ1v) is 8.18. The first-order chi connectivity index (χ1) is 10.0. The van der Waals surface area contributed by atoms with Gasteiger partial charge in [-0.2, -0.15) is 0 Å². The van der Waals surface area contributed by atoms with Crippen LogP contribution in [0.25, 0.3) is 0 Å². The van der Waals surface area contributed by atoms with E-state index < -0.39 is 0 Å². The third-order valence-electron chi connectivity index (χ3n) is 3.21. The SMILES string of the molecule is CCNC(Cc1ccc(F)c(Br)c1)c1cc(Cl)ccc1Cl. The minimum absolute atomic E-state index is 0.0264. The van der Waals surface area contributed by atoms with E-state index in [1.807, 2.05) is 13.0 Å². The summed E-state index contributed by atoms with van der Waals surface area (Å²) in [5.41, 5.74) is 1.97. The smallest absolute Gasteiger partial charge is 0.137 e. The normalized spacial score (nSPS) is 12.4. The number of halogens is 4. The summed E-state index contributed by atoms with van der Waals surface area (Å²) in [6.07, 6.45) is 0.701. The highest BCUT2D eigenvalue weighted by atomic mass is 79.9. The topological polar surface area (TPSA) is 12.0 Å². The van der Waals surface area contributed by atoms with Gasteiger partial charge in [0.25, 0.3) is 0 Å². The summed E-state index contributed by atoms with van der Waals surface area (Å²) in [6.45, 7) is 2.84. The minimum atomic E-state index is -0.264. The lowest BCUT2D eigenvalue weighted by Crippen LogP contribution is -2.23. The molecule has 0 aromatic heterocycles. The summed E-state index contributed by atoms with van der Waals surface area (Å²) in [4.78, 5) is 0. The van der Waals surface area contributed by atoms with Crippen molar-refractivity contribution >= 4 is 39.1 Å². The Balaban J connectivity index is 2.30. The molecule has 1 unspecified atom stereocenters. The van der Waals surface area contributed by atoms with E-state index in [-0.39, 0.29) is 11.9 Å². The molecule has 0 amide bonds. The van der Waals surface area contributed by atoms with Crippen molar-refractivity contribution in [3.8, 4) is 0 Å². The van der Waals surface area contributed by atoms with Crippen molar-refractivity contribution in [2.45, 2.75) is 19.4 Å². The zero-order valence-electron chi connectivity index (χ0n) is 11.5. The predicted octanol–water partition coefficient (Wildman–Crippen LogP) is 5.79. The molecule has 2 aromatic rings. The van der Waals surface area contributed by atoms with Gasteiger partial charge in [-0.3, -0.25) is 0 Å². The van der Waals surface area contributed by atoms with Crippen molar-refractivity contribution in [1.82, 2.24) is 5.32 Å². The second-order valence-corrected chi connectivity index (χ2v) is 6.43. The highest BCUT2D eigenvalue weighted by Gasteiger charge is 2.15. The zero-order valence-corrected chi connectivity index (χ0v) is 14.6. The van der Waals surface area contributed by atoms with Crippen molar-refractivity contribution in [1.29, 1.82) is 0 Å². The van der Waals surface area contributed by atoms with E-state index in [9.17, 15) is 4.39 Å². The summed E-state index contributed by atoms with van der Waals surface area (Å²) in [6, 6.07) is 10.5. The van der Waals surface area contributed by atoms with Gasteiger partial charge in [-0.25, -0.2) is 4.39 Å². The Hall–Kier alpha value is -0.610. The molecule has 1 N–H and O–H groups in total. The van der Waals surface area contributed by atoms with Crippen LogP contribution in [0.1, 0.15) is 24.1 Å².